The van der Waals surface area contributed by atoms with Crippen molar-refractivity contribution in [3.63, 3.8) is 0 Å². The zero-order valence-corrected chi connectivity index (χ0v) is 8.79. The number of aromatic nitrogens is 1. The van der Waals surface area contributed by atoms with Gasteiger partial charge in [0.2, 0.25) is 0 Å². The van der Waals surface area contributed by atoms with Crippen LogP contribution in [0.3, 0.4) is 0 Å². The summed E-state index contributed by atoms with van der Waals surface area (Å²) in [6, 6.07) is 4.36. The molecule has 0 amide bonds. The maximum absolute atomic E-state index is 4.22. The van der Waals surface area contributed by atoms with Gasteiger partial charge in [-0.1, -0.05) is 0 Å². The molecule has 0 aliphatic carbocycles. The van der Waals surface area contributed by atoms with Gasteiger partial charge >= 0.3 is 0 Å². The standard InChI is InChI=1S/C12H18N2/c1-10-8-12(4-7-14-10)9-11-2-5-13-6-3-11/h4,7-8,11,13H,2-3,5-6,9H2,1H3. The lowest BCUT2D eigenvalue weighted by atomic mass is 9.91. The monoisotopic (exact) mass is 190 g/mol. The molecule has 0 atom stereocenters. The van der Waals surface area contributed by atoms with Crippen LogP contribution in [-0.2, 0) is 6.42 Å². The van der Waals surface area contributed by atoms with E-state index in [1.807, 2.05) is 6.20 Å². The Morgan fingerprint density at radius 2 is 2.21 bits per heavy atom. The van der Waals surface area contributed by atoms with E-state index in [2.05, 4.69) is 29.4 Å². The summed E-state index contributed by atoms with van der Waals surface area (Å²) in [4.78, 5) is 4.22. The van der Waals surface area contributed by atoms with Crippen LogP contribution >= 0.6 is 0 Å². The molecule has 0 saturated carbocycles. The lowest BCUT2D eigenvalue weighted by molar-refractivity contribution is 0.372. The highest BCUT2D eigenvalue weighted by Crippen LogP contribution is 2.17. The van der Waals surface area contributed by atoms with Crippen LogP contribution in [0, 0.1) is 12.8 Å². The molecule has 1 N–H and O–H groups in total. The number of aryl methyl sites for hydroxylation is 1. The van der Waals surface area contributed by atoms with Gasteiger partial charge in [0.1, 0.15) is 0 Å². The first-order valence-electron chi connectivity index (χ1n) is 5.47. The van der Waals surface area contributed by atoms with Crippen LogP contribution in [0.25, 0.3) is 0 Å². The molecule has 1 aromatic heterocycles. The Balaban J connectivity index is 1.95. The summed E-state index contributed by atoms with van der Waals surface area (Å²) < 4.78 is 0. The summed E-state index contributed by atoms with van der Waals surface area (Å²) in [5.74, 6) is 0.873. The van der Waals surface area contributed by atoms with E-state index in [-0.39, 0.29) is 0 Å². The van der Waals surface area contributed by atoms with Crippen molar-refractivity contribution in [2.24, 2.45) is 5.92 Å². The van der Waals surface area contributed by atoms with E-state index in [9.17, 15) is 0 Å². The zero-order chi connectivity index (χ0) is 9.80. The SMILES string of the molecule is Cc1cc(CC2CCNCC2)ccn1. The average Bonchev–Trinajstić information content (AvgIpc) is 2.19. The molecule has 2 nitrogen and oxygen atoms in total. The minimum atomic E-state index is 0.873. The van der Waals surface area contributed by atoms with E-state index in [0.29, 0.717) is 0 Å². The van der Waals surface area contributed by atoms with Crippen LogP contribution in [0.1, 0.15) is 24.1 Å². The van der Waals surface area contributed by atoms with Gasteiger partial charge in [-0.15, -0.1) is 0 Å². The van der Waals surface area contributed by atoms with Gasteiger partial charge < -0.3 is 5.32 Å². The summed E-state index contributed by atoms with van der Waals surface area (Å²) in [6.45, 7) is 4.44. The predicted molar refractivity (Wildman–Crippen MR) is 58.3 cm³/mol. The van der Waals surface area contributed by atoms with Crippen molar-refractivity contribution in [2.45, 2.75) is 26.2 Å². The van der Waals surface area contributed by atoms with Crippen LogP contribution in [0.15, 0.2) is 18.3 Å². The molecule has 2 heteroatoms. The Morgan fingerprint density at radius 3 is 2.93 bits per heavy atom. The quantitative estimate of drug-likeness (QED) is 0.771. The first-order chi connectivity index (χ1) is 6.84. The molecule has 0 unspecified atom stereocenters. The number of rotatable bonds is 2. The van der Waals surface area contributed by atoms with Gasteiger partial charge in [-0.05, 0) is 62.9 Å². The Morgan fingerprint density at radius 1 is 1.43 bits per heavy atom. The fraction of sp³-hybridized carbons (Fsp3) is 0.583. The molecule has 1 fully saturated rings. The van der Waals surface area contributed by atoms with Gasteiger partial charge in [0.05, 0.1) is 0 Å². The first kappa shape index (κ1) is 9.66. The van der Waals surface area contributed by atoms with Crippen LogP contribution in [-0.4, -0.2) is 18.1 Å². The van der Waals surface area contributed by atoms with Crippen molar-refractivity contribution < 1.29 is 0 Å². The van der Waals surface area contributed by atoms with Crippen LogP contribution < -0.4 is 5.32 Å². The summed E-state index contributed by atoms with van der Waals surface area (Å²) >= 11 is 0. The van der Waals surface area contributed by atoms with Crippen molar-refractivity contribution in [2.75, 3.05) is 13.1 Å². The highest BCUT2D eigenvalue weighted by atomic mass is 14.9. The van der Waals surface area contributed by atoms with Gasteiger partial charge in [-0.3, -0.25) is 4.98 Å². The number of nitrogens with zero attached hydrogens (tertiary/aromatic N) is 1. The van der Waals surface area contributed by atoms with E-state index in [4.69, 9.17) is 0 Å². The average molecular weight is 190 g/mol. The molecule has 14 heavy (non-hydrogen) atoms. The maximum atomic E-state index is 4.22. The molecule has 0 bridgehead atoms. The molecule has 1 saturated heterocycles. The molecule has 2 rings (SSSR count). The minimum Gasteiger partial charge on any atom is -0.317 e. The third-order valence-corrected chi connectivity index (χ3v) is 2.94. The molecule has 0 spiro atoms. The predicted octanol–water partition coefficient (Wildman–Crippen LogP) is 1.93. The minimum absolute atomic E-state index is 0.873. The van der Waals surface area contributed by atoms with Crippen molar-refractivity contribution >= 4 is 0 Å². The third kappa shape index (κ3) is 2.55. The van der Waals surface area contributed by atoms with Crippen molar-refractivity contribution in [1.29, 1.82) is 0 Å². The van der Waals surface area contributed by atoms with Gasteiger partial charge in [-0.2, -0.15) is 0 Å². The zero-order valence-electron chi connectivity index (χ0n) is 8.79. The third-order valence-electron chi connectivity index (χ3n) is 2.94. The van der Waals surface area contributed by atoms with Gasteiger partial charge in [0.25, 0.3) is 0 Å². The van der Waals surface area contributed by atoms with E-state index >= 15 is 0 Å². The highest BCUT2D eigenvalue weighted by Gasteiger charge is 2.13. The van der Waals surface area contributed by atoms with E-state index in [0.717, 1.165) is 11.6 Å². The molecule has 76 valence electrons. The fourth-order valence-electron chi connectivity index (χ4n) is 2.15. The topological polar surface area (TPSA) is 24.9 Å². The number of nitrogens with one attached hydrogen (secondary N) is 1. The Labute approximate surface area is 85.7 Å². The van der Waals surface area contributed by atoms with Crippen molar-refractivity contribution in [3.8, 4) is 0 Å². The number of hydrogen-bond acceptors (Lipinski definition) is 2. The second-order valence-electron chi connectivity index (χ2n) is 4.20. The second-order valence-corrected chi connectivity index (χ2v) is 4.20. The van der Waals surface area contributed by atoms with E-state index < -0.39 is 0 Å². The number of hydrogen-bond donors (Lipinski definition) is 1. The fourth-order valence-corrected chi connectivity index (χ4v) is 2.15. The first-order valence-corrected chi connectivity index (χ1v) is 5.47. The normalized spacial score (nSPS) is 18.4. The van der Waals surface area contributed by atoms with Gasteiger partial charge in [0, 0.05) is 11.9 Å². The van der Waals surface area contributed by atoms with Crippen LogP contribution in [0.5, 0.6) is 0 Å². The molecular weight excluding hydrogens is 172 g/mol. The van der Waals surface area contributed by atoms with Crippen molar-refractivity contribution in [3.05, 3.63) is 29.6 Å². The van der Waals surface area contributed by atoms with Gasteiger partial charge in [0.15, 0.2) is 0 Å². The smallest absolute Gasteiger partial charge is 0.0375 e. The summed E-state index contributed by atoms with van der Waals surface area (Å²) in [6.07, 6.45) is 5.79. The highest BCUT2D eigenvalue weighted by molar-refractivity contribution is 5.16. The van der Waals surface area contributed by atoms with Crippen LogP contribution in [0.2, 0.25) is 0 Å². The molecule has 1 aromatic rings. The Kier molecular flexibility index (Phi) is 3.14. The summed E-state index contributed by atoms with van der Waals surface area (Å²) in [5, 5.41) is 3.40. The number of pyridine rings is 1. The Hall–Kier alpha value is -0.890. The van der Waals surface area contributed by atoms with Crippen LogP contribution in [0.4, 0.5) is 0 Å². The molecular formula is C12H18N2. The van der Waals surface area contributed by atoms with Crippen molar-refractivity contribution in [1.82, 2.24) is 10.3 Å². The molecule has 2 heterocycles. The second kappa shape index (κ2) is 4.56. The lowest BCUT2D eigenvalue weighted by Crippen LogP contribution is -2.28. The maximum Gasteiger partial charge on any atom is 0.0375 e. The summed E-state index contributed by atoms with van der Waals surface area (Å²) in [5.41, 5.74) is 2.58. The Bertz CT molecular complexity index is 290. The summed E-state index contributed by atoms with van der Waals surface area (Å²) in [7, 11) is 0. The van der Waals surface area contributed by atoms with E-state index in [1.165, 1.54) is 37.9 Å². The molecule has 0 radical (unpaired) electrons. The molecule has 1 aliphatic rings. The number of piperidine rings is 1. The van der Waals surface area contributed by atoms with Gasteiger partial charge in [-0.25, -0.2) is 0 Å². The largest absolute Gasteiger partial charge is 0.317 e. The molecule has 0 aromatic carbocycles. The van der Waals surface area contributed by atoms with E-state index in [1.54, 1.807) is 0 Å². The lowest BCUT2D eigenvalue weighted by Gasteiger charge is -2.22. The molecule has 1 aliphatic heterocycles.